The molecule has 116 valence electrons. The van der Waals surface area contributed by atoms with Gasteiger partial charge in [0.15, 0.2) is 0 Å². The van der Waals surface area contributed by atoms with Crippen LogP contribution in [-0.4, -0.2) is 47.7 Å². The number of unbranched alkanes of at least 4 members (excludes halogenated alkanes) is 1. The van der Waals surface area contributed by atoms with Gasteiger partial charge in [0.25, 0.3) is 0 Å². The number of aryl methyl sites for hydroxylation is 1. The number of nitro groups is 1. The minimum Gasteiger partial charge on any atom is -0.378 e. The number of nitrogens with one attached hydrogen (secondary N) is 1. The summed E-state index contributed by atoms with van der Waals surface area (Å²) in [7, 11) is 0. The van der Waals surface area contributed by atoms with Crippen LogP contribution in [0.5, 0.6) is 0 Å². The van der Waals surface area contributed by atoms with Crippen molar-refractivity contribution < 1.29 is 9.66 Å². The van der Waals surface area contributed by atoms with E-state index >= 15 is 0 Å². The number of rotatable bonds is 6. The second kappa shape index (κ2) is 7.16. The van der Waals surface area contributed by atoms with Crippen molar-refractivity contribution in [2.45, 2.75) is 26.7 Å². The lowest BCUT2D eigenvalue weighted by Crippen LogP contribution is -2.37. The number of ether oxygens (including phenoxy) is 1. The summed E-state index contributed by atoms with van der Waals surface area (Å²) in [6.07, 6.45) is 1.95. The van der Waals surface area contributed by atoms with Crippen LogP contribution in [0, 0.1) is 17.0 Å². The van der Waals surface area contributed by atoms with Crippen molar-refractivity contribution >= 4 is 17.5 Å². The van der Waals surface area contributed by atoms with E-state index < -0.39 is 4.92 Å². The van der Waals surface area contributed by atoms with Crippen LogP contribution in [0.3, 0.4) is 0 Å². The summed E-state index contributed by atoms with van der Waals surface area (Å²) in [6, 6.07) is 0. The zero-order valence-corrected chi connectivity index (χ0v) is 12.5. The number of morpholine rings is 1. The lowest BCUT2D eigenvalue weighted by molar-refractivity contribution is -0.385. The molecule has 0 bridgehead atoms. The average molecular weight is 295 g/mol. The molecular formula is C13H21N5O3. The van der Waals surface area contributed by atoms with E-state index in [1.165, 1.54) is 0 Å². The summed E-state index contributed by atoms with van der Waals surface area (Å²) in [5, 5.41) is 14.3. The topological polar surface area (TPSA) is 93.4 Å². The van der Waals surface area contributed by atoms with Gasteiger partial charge in [-0.2, -0.15) is 4.98 Å². The van der Waals surface area contributed by atoms with Gasteiger partial charge in [-0.05, 0) is 13.3 Å². The van der Waals surface area contributed by atoms with Gasteiger partial charge in [0.05, 0.1) is 18.1 Å². The van der Waals surface area contributed by atoms with Crippen molar-refractivity contribution in [2.24, 2.45) is 0 Å². The van der Waals surface area contributed by atoms with E-state index in [1.807, 2.05) is 4.90 Å². The first-order valence-corrected chi connectivity index (χ1v) is 7.23. The number of anilines is 2. The highest BCUT2D eigenvalue weighted by molar-refractivity contribution is 5.61. The first-order valence-electron chi connectivity index (χ1n) is 7.23. The minimum atomic E-state index is -0.424. The zero-order valence-electron chi connectivity index (χ0n) is 12.5. The van der Waals surface area contributed by atoms with Gasteiger partial charge in [0.1, 0.15) is 5.69 Å². The maximum absolute atomic E-state index is 11.2. The van der Waals surface area contributed by atoms with Gasteiger partial charge in [0, 0.05) is 19.6 Å². The molecule has 0 saturated carbocycles. The summed E-state index contributed by atoms with van der Waals surface area (Å²) in [4.78, 5) is 21.4. The SMILES string of the molecule is CCCCNc1nc(N2CCOCC2)nc(C)c1[N+](=O)[O-]. The zero-order chi connectivity index (χ0) is 15.2. The van der Waals surface area contributed by atoms with Gasteiger partial charge >= 0.3 is 5.69 Å². The normalized spacial score (nSPS) is 15.0. The summed E-state index contributed by atoms with van der Waals surface area (Å²) >= 11 is 0. The second-order valence-electron chi connectivity index (χ2n) is 4.94. The third-order valence-electron chi connectivity index (χ3n) is 3.35. The maximum Gasteiger partial charge on any atom is 0.332 e. The lowest BCUT2D eigenvalue weighted by atomic mass is 10.3. The molecule has 1 aliphatic heterocycles. The molecule has 1 aliphatic rings. The van der Waals surface area contributed by atoms with Gasteiger partial charge < -0.3 is 15.0 Å². The van der Waals surface area contributed by atoms with Crippen molar-refractivity contribution in [1.82, 2.24) is 9.97 Å². The number of nitrogens with zero attached hydrogens (tertiary/aromatic N) is 4. The van der Waals surface area contributed by atoms with Crippen LogP contribution in [-0.2, 0) is 4.74 Å². The molecule has 1 saturated heterocycles. The Morgan fingerprint density at radius 3 is 2.71 bits per heavy atom. The molecule has 0 atom stereocenters. The Morgan fingerprint density at radius 2 is 2.10 bits per heavy atom. The van der Waals surface area contributed by atoms with Crippen molar-refractivity contribution in [3.05, 3.63) is 15.8 Å². The van der Waals surface area contributed by atoms with E-state index in [9.17, 15) is 10.1 Å². The van der Waals surface area contributed by atoms with E-state index in [4.69, 9.17) is 4.74 Å². The fraction of sp³-hybridized carbons (Fsp3) is 0.692. The van der Waals surface area contributed by atoms with Crippen LogP contribution >= 0.6 is 0 Å². The molecule has 1 aromatic rings. The minimum absolute atomic E-state index is 0.0388. The molecule has 0 radical (unpaired) electrons. The van der Waals surface area contributed by atoms with Crippen LogP contribution in [0.4, 0.5) is 17.5 Å². The van der Waals surface area contributed by atoms with Gasteiger partial charge in [0.2, 0.25) is 11.8 Å². The van der Waals surface area contributed by atoms with Crippen LogP contribution in [0.15, 0.2) is 0 Å². The van der Waals surface area contributed by atoms with E-state index in [-0.39, 0.29) is 5.69 Å². The summed E-state index contributed by atoms with van der Waals surface area (Å²) < 4.78 is 5.30. The molecule has 8 nitrogen and oxygen atoms in total. The average Bonchev–Trinajstić information content (AvgIpc) is 2.47. The van der Waals surface area contributed by atoms with E-state index in [0.29, 0.717) is 50.3 Å². The number of hydrogen-bond donors (Lipinski definition) is 1. The lowest BCUT2D eigenvalue weighted by Gasteiger charge is -2.27. The predicted octanol–water partition coefficient (Wildman–Crippen LogP) is 1.74. The van der Waals surface area contributed by atoms with Gasteiger partial charge in [-0.1, -0.05) is 13.3 Å². The molecule has 0 aliphatic carbocycles. The summed E-state index contributed by atoms with van der Waals surface area (Å²) in [6.45, 7) is 7.03. The molecule has 0 aromatic carbocycles. The Balaban J connectivity index is 2.28. The fourth-order valence-electron chi connectivity index (χ4n) is 2.18. The number of hydrogen-bond acceptors (Lipinski definition) is 7. The van der Waals surface area contributed by atoms with Crippen LogP contribution in [0.25, 0.3) is 0 Å². The smallest absolute Gasteiger partial charge is 0.332 e. The van der Waals surface area contributed by atoms with Gasteiger partial charge in [-0.25, -0.2) is 4.98 Å². The van der Waals surface area contributed by atoms with E-state index in [1.54, 1.807) is 6.92 Å². The van der Waals surface area contributed by atoms with E-state index in [2.05, 4.69) is 22.2 Å². The summed E-state index contributed by atoms with van der Waals surface area (Å²) in [5.41, 5.74) is 0.346. The predicted molar refractivity (Wildman–Crippen MR) is 79.9 cm³/mol. The van der Waals surface area contributed by atoms with Crippen LogP contribution < -0.4 is 10.2 Å². The Bertz CT molecular complexity index is 503. The number of aromatic nitrogens is 2. The molecule has 8 heteroatoms. The molecule has 1 fully saturated rings. The molecule has 2 heterocycles. The molecule has 1 aromatic heterocycles. The van der Waals surface area contributed by atoms with Crippen molar-refractivity contribution in [3.8, 4) is 0 Å². The largest absolute Gasteiger partial charge is 0.378 e. The molecular weight excluding hydrogens is 274 g/mol. The van der Waals surface area contributed by atoms with Crippen molar-refractivity contribution in [1.29, 1.82) is 0 Å². The molecule has 0 unspecified atom stereocenters. The monoisotopic (exact) mass is 295 g/mol. The quantitative estimate of drug-likeness (QED) is 0.485. The van der Waals surface area contributed by atoms with Crippen molar-refractivity contribution in [2.75, 3.05) is 43.1 Å². The Labute approximate surface area is 123 Å². The highest BCUT2D eigenvalue weighted by atomic mass is 16.6. The Morgan fingerprint density at radius 1 is 1.38 bits per heavy atom. The van der Waals surface area contributed by atoms with Gasteiger partial charge in [-0.3, -0.25) is 10.1 Å². The molecule has 2 rings (SSSR count). The highest BCUT2D eigenvalue weighted by Crippen LogP contribution is 2.27. The fourth-order valence-corrected chi connectivity index (χ4v) is 2.18. The third-order valence-corrected chi connectivity index (χ3v) is 3.35. The van der Waals surface area contributed by atoms with Crippen molar-refractivity contribution in [3.63, 3.8) is 0 Å². The molecule has 0 amide bonds. The molecule has 21 heavy (non-hydrogen) atoms. The highest BCUT2D eigenvalue weighted by Gasteiger charge is 2.24. The maximum atomic E-state index is 11.2. The van der Waals surface area contributed by atoms with Gasteiger partial charge in [-0.15, -0.1) is 0 Å². The first kappa shape index (κ1) is 15.4. The van der Waals surface area contributed by atoms with Crippen LogP contribution in [0.2, 0.25) is 0 Å². The second-order valence-corrected chi connectivity index (χ2v) is 4.94. The molecule has 1 N–H and O–H groups in total. The summed E-state index contributed by atoms with van der Waals surface area (Å²) in [5.74, 6) is 0.836. The standard InChI is InChI=1S/C13H21N5O3/c1-3-4-5-14-12-11(18(19)20)10(2)15-13(16-12)17-6-8-21-9-7-17/h3-9H2,1-2H3,(H,14,15,16). The Hall–Kier alpha value is -1.96. The Kier molecular flexibility index (Phi) is 5.26. The molecule has 0 spiro atoms. The third kappa shape index (κ3) is 3.78. The van der Waals surface area contributed by atoms with Crippen LogP contribution in [0.1, 0.15) is 25.5 Å². The first-order chi connectivity index (χ1) is 10.1. The van der Waals surface area contributed by atoms with E-state index in [0.717, 1.165) is 12.8 Å².